The highest BCUT2D eigenvalue weighted by Crippen LogP contribution is 2.17. The van der Waals surface area contributed by atoms with Crippen molar-refractivity contribution >= 4 is 17.9 Å². The highest BCUT2D eigenvalue weighted by atomic mass is 16.6. The first-order valence-corrected chi connectivity index (χ1v) is 30.0. The summed E-state index contributed by atoms with van der Waals surface area (Å²) >= 11 is 0. The minimum absolute atomic E-state index is 0.0732. The summed E-state index contributed by atoms with van der Waals surface area (Å²) in [6, 6.07) is 0. The van der Waals surface area contributed by atoms with E-state index in [0.717, 1.165) is 77.0 Å². The van der Waals surface area contributed by atoms with Crippen molar-refractivity contribution in [3.05, 3.63) is 36.5 Å². The first-order valence-electron chi connectivity index (χ1n) is 30.0. The molecule has 0 spiro atoms. The standard InChI is InChI=1S/C62H114O6/c1-4-7-10-13-16-19-21-23-25-27-29-30-31-32-34-35-37-39-41-43-46-49-52-55-61(64)67-58-59(57-66-60(63)54-51-48-45-18-15-12-9-6-3)68-62(65)56-53-50-47-44-42-40-38-36-33-28-26-24-22-20-17-14-11-8-5-2/h17,20,24,26,33,36,59H,4-16,18-19,21-23,25,27-32,34-35,37-58H2,1-3H3/b20-17-,26-24-,36-33-. The van der Waals surface area contributed by atoms with Crippen LogP contribution < -0.4 is 0 Å². The lowest BCUT2D eigenvalue weighted by atomic mass is 10.0. The van der Waals surface area contributed by atoms with Crippen molar-refractivity contribution in [3.8, 4) is 0 Å². The summed E-state index contributed by atoms with van der Waals surface area (Å²) in [7, 11) is 0. The van der Waals surface area contributed by atoms with Gasteiger partial charge in [0.1, 0.15) is 13.2 Å². The van der Waals surface area contributed by atoms with E-state index in [1.165, 1.54) is 205 Å². The number of allylic oxidation sites excluding steroid dienone is 6. The van der Waals surface area contributed by atoms with Crippen LogP contribution in [0.2, 0.25) is 0 Å². The van der Waals surface area contributed by atoms with Crippen molar-refractivity contribution in [2.45, 2.75) is 329 Å². The first kappa shape index (κ1) is 65.6. The summed E-state index contributed by atoms with van der Waals surface area (Å²) < 4.78 is 16.8. The fraction of sp³-hybridized carbons (Fsp3) is 0.855. The molecule has 6 heteroatoms. The topological polar surface area (TPSA) is 78.9 Å². The fourth-order valence-electron chi connectivity index (χ4n) is 8.86. The highest BCUT2D eigenvalue weighted by Gasteiger charge is 2.19. The van der Waals surface area contributed by atoms with Crippen molar-refractivity contribution < 1.29 is 28.6 Å². The van der Waals surface area contributed by atoms with E-state index in [1.807, 2.05) is 0 Å². The van der Waals surface area contributed by atoms with Gasteiger partial charge in [0, 0.05) is 19.3 Å². The predicted molar refractivity (Wildman–Crippen MR) is 293 cm³/mol. The predicted octanol–water partition coefficient (Wildman–Crippen LogP) is 20.0. The number of unbranched alkanes of at least 4 members (excludes halogenated alkanes) is 38. The molecule has 0 fully saturated rings. The second kappa shape index (κ2) is 57.2. The molecule has 0 aromatic heterocycles. The molecule has 6 nitrogen and oxygen atoms in total. The van der Waals surface area contributed by atoms with E-state index >= 15 is 0 Å². The smallest absolute Gasteiger partial charge is 0.306 e. The summed E-state index contributed by atoms with van der Waals surface area (Å²) in [6.07, 6.45) is 68.7. The van der Waals surface area contributed by atoms with Crippen LogP contribution in [0.3, 0.4) is 0 Å². The van der Waals surface area contributed by atoms with Crippen LogP contribution in [0.1, 0.15) is 323 Å². The van der Waals surface area contributed by atoms with Crippen molar-refractivity contribution in [1.82, 2.24) is 0 Å². The van der Waals surface area contributed by atoms with Crippen LogP contribution in [-0.2, 0) is 28.6 Å². The summed E-state index contributed by atoms with van der Waals surface area (Å²) in [5.74, 6) is -0.872. The van der Waals surface area contributed by atoms with Crippen LogP contribution in [0.25, 0.3) is 0 Å². The maximum Gasteiger partial charge on any atom is 0.306 e. The first-order chi connectivity index (χ1) is 33.5. The number of carbonyl (C=O) groups is 3. The lowest BCUT2D eigenvalue weighted by Gasteiger charge is -2.18. The molecule has 68 heavy (non-hydrogen) atoms. The second-order valence-electron chi connectivity index (χ2n) is 20.3. The molecule has 0 N–H and O–H groups in total. The maximum absolute atomic E-state index is 12.8. The Bertz CT molecular complexity index is 1140. The van der Waals surface area contributed by atoms with Gasteiger partial charge in [-0.2, -0.15) is 0 Å². The highest BCUT2D eigenvalue weighted by molar-refractivity contribution is 5.71. The molecule has 0 saturated heterocycles. The molecule has 0 heterocycles. The minimum atomic E-state index is -0.774. The van der Waals surface area contributed by atoms with Gasteiger partial charge in [-0.05, 0) is 57.8 Å². The monoisotopic (exact) mass is 955 g/mol. The molecular formula is C62H114O6. The summed E-state index contributed by atoms with van der Waals surface area (Å²) in [5, 5.41) is 0. The molecule has 398 valence electrons. The SMILES string of the molecule is CCCCC/C=C\C/C=C\C/C=C\CCCCCCCCC(=O)OC(COC(=O)CCCCCCCCCC)COC(=O)CCCCCCCCCCCCCCCCCCCCCCCCC. The Morgan fingerprint density at radius 1 is 0.294 bits per heavy atom. The van der Waals surface area contributed by atoms with Gasteiger partial charge in [0.25, 0.3) is 0 Å². The molecule has 0 amide bonds. The van der Waals surface area contributed by atoms with Gasteiger partial charge < -0.3 is 14.2 Å². The van der Waals surface area contributed by atoms with Crippen molar-refractivity contribution in [2.75, 3.05) is 13.2 Å². The normalized spacial score (nSPS) is 12.2. The lowest BCUT2D eigenvalue weighted by molar-refractivity contribution is -0.167. The molecule has 0 aliphatic heterocycles. The molecular weight excluding hydrogens is 841 g/mol. The van der Waals surface area contributed by atoms with Gasteiger partial charge in [-0.25, -0.2) is 0 Å². The van der Waals surface area contributed by atoms with E-state index in [2.05, 4.69) is 57.2 Å². The molecule has 0 bridgehead atoms. The molecule has 0 aromatic carbocycles. The van der Waals surface area contributed by atoms with Gasteiger partial charge in [0.2, 0.25) is 0 Å². The zero-order chi connectivity index (χ0) is 49.3. The third-order valence-electron chi connectivity index (χ3n) is 13.4. The summed E-state index contributed by atoms with van der Waals surface area (Å²) in [4.78, 5) is 38.0. The zero-order valence-corrected chi connectivity index (χ0v) is 45.6. The van der Waals surface area contributed by atoms with Gasteiger partial charge in [-0.15, -0.1) is 0 Å². The van der Waals surface area contributed by atoms with Crippen LogP contribution in [0.15, 0.2) is 36.5 Å². The minimum Gasteiger partial charge on any atom is -0.462 e. The third kappa shape index (κ3) is 54.6. The molecule has 0 aliphatic carbocycles. The van der Waals surface area contributed by atoms with Crippen LogP contribution in [0.4, 0.5) is 0 Å². The Morgan fingerprint density at radius 3 is 0.853 bits per heavy atom. The van der Waals surface area contributed by atoms with Crippen molar-refractivity contribution in [2.24, 2.45) is 0 Å². The average Bonchev–Trinajstić information content (AvgIpc) is 3.34. The maximum atomic E-state index is 12.8. The van der Waals surface area contributed by atoms with Crippen LogP contribution in [0, 0.1) is 0 Å². The fourth-order valence-corrected chi connectivity index (χ4v) is 8.86. The van der Waals surface area contributed by atoms with E-state index in [-0.39, 0.29) is 31.1 Å². The molecule has 0 rings (SSSR count). The molecule has 0 aromatic rings. The number of rotatable bonds is 55. The van der Waals surface area contributed by atoms with Gasteiger partial charge in [0.15, 0.2) is 6.10 Å². The number of ether oxygens (including phenoxy) is 3. The molecule has 1 atom stereocenters. The van der Waals surface area contributed by atoms with Crippen molar-refractivity contribution in [3.63, 3.8) is 0 Å². The number of esters is 3. The van der Waals surface area contributed by atoms with E-state index in [9.17, 15) is 14.4 Å². The van der Waals surface area contributed by atoms with Gasteiger partial charge >= 0.3 is 17.9 Å². The Kier molecular flexibility index (Phi) is 55.2. The van der Waals surface area contributed by atoms with Gasteiger partial charge in [-0.1, -0.05) is 282 Å². The molecule has 0 saturated carbocycles. The number of hydrogen-bond acceptors (Lipinski definition) is 6. The molecule has 0 aliphatic rings. The number of hydrogen-bond donors (Lipinski definition) is 0. The van der Waals surface area contributed by atoms with Crippen molar-refractivity contribution in [1.29, 1.82) is 0 Å². The Labute approximate surface area is 423 Å². The van der Waals surface area contributed by atoms with Gasteiger partial charge in [0.05, 0.1) is 0 Å². The van der Waals surface area contributed by atoms with Crippen LogP contribution in [-0.4, -0.2) is 37.2 Å². The van der Waals surface area contributed by atoms with E-state index in [1.54, 1.807) is 0 Å². The lowest BCUT2D eigenvalue weighted by Crippen LogP contribution is -2.30. The van der Waals surface area contributed by atoms with E-state index < -0.39 is 6.10 Å². The zero-order valence-electron chi connectivity index (χ0n) is 45.6. The summed E-state index contributed by atoms with van der Waals surface area (Å²) in [5.41, 5.74) is 0. The largest absolute Gasteiger partial charge is 0.462 e. The molecule has 0 radical (unpaired) electrons. The second-order valence-corrected chi connectivity index (χ2v) is 20.3. The summed E-state index contributed by atoms with van der Waals surface area (Å²) in [6.45, 7) is 6.62. The van der Waals surface area contributed by atoms with Crippen LogP contribution >= 0.6 is 0 Å². The Balaban J connectivity index is 4.18. The number of carbonyl (C=O) groups excluding carboxylic acids is 3. The Morgan fingerprint density at radius 2 is 0.529 bits per heavy atom. The average molecular weight is 956 g/mol. The molecule has 1 unspecified atom stereocenters. The van der Waals surface area contributed by atoms with E-state index in [0.29, 0.717) is 19.3 Å². The Hall–Kier alpha value is -2.37. The van der Waals surface area contributed by atoms with Gasteiger partial charge in [-0.3, -0.25) is 14.4 Å². The van der Waals surface area contributed by atoms with E-state index in [4.69, 9.17) is 14.2 Å². The van der Waals surface area contributed by atoms with Crippen LogP contribution in [0.5, 0.6) is 0 Å². The third-order valence-corrected chi connectivity index (χ3v) is 13.4. The quantitative estimate of drug-likeness (QED) is 0.0262.